The lowest BCUT2D eigenvalue weighted by Gasteiger charge is -2.12. The van der Waals surface area contributed by atoms with E-state index in [2.05, 4.69) is 10.2 Å². The van der Waals surface area contributed by atoms with Gasteiger partial charge in [-0.1, -0.05) is 60.7 Å². The average molecular weight is 387 g/mol. The van der Waals surface area contributed by atoms with Crippen molar-refractivity contribution in [3.63, 3.8) is 0 Å². The van der Waals surface area contributed by atoms with Gasteiger partial charge in [-0.15, -0.1) is 5.10 Å². The maximum absolute atomic E-state index is 12.9. The Balaban J connectivity index is 1.61. The van der Waals surface area contributed by atoms with Crippen molar-refractivity contribution in [3.8, 4) is 0 Å². The first-order valence-electron chi connectivity index (χ1n) is 8.74. The molecular weight excluding hydrogens is 370 g/mol. The predicted octanol–water partition coefficient (Wildman–Crippen LogP) is 4.79. The van der Waals surface area contributed by atoms with Crippen LogP contribution < -0.4 is 0 Å². The largest absolute Gasteiger partial charge is 0.467 e. The first-order chi connectivity index (χ1) is 13.8. The Morgan fingerprint density at radius 2 is 1.64 bits per heavy atom. The van der Waals surface area contributed by atoms with Gasteiger partial charge < -0.3 is 4.42 Å². The number of thioether (sulfide) groups is 1. The zero-order chi connectivity index (χ0) is 19.2. The summed E-state index contributed by atoms with van der Waals surface area (Å²) in [6, 6.07) is 23.1. The lowest BCUT2D eigenvalue weighted by atomic mass is 10.2. The molecular formula is C22H17N3O2S. The van der Waals surface area contributed by atoms with Gasteiger partial charge >= 0.3 is 0 Å². The van der Waals surface area contributed by atoms with Crippen LogP contribution in [0.25, 0.3) is 6.08 Å². The van der Waals surface area contributed by atoms with Gasteiger partial charge in [0, 0.05) is 0 Å². The smallest absolute Gasteiger partial charge is 0.267 e. The van der Waals surface area contributed by atoms with E-state index in [1.807, 2.05) is 72.8 Å². The fourth-order valence-corrected chi connectivity index (χ4v) is 3.60. The molecule has 0 bridgehead atoms. The molecule has 1 aromatic heterocycles. The molecule has 1 aliphatic heterocycles. The molecule has 0 saturated carbocycles. The second-order valence-electron chi connectivity index (χ2n) is 6.03. The maximum Gasteiger partial charge on any atom is 0.267 e. The van der Waals surface area contributed by atoms with Gasteiger partial charge in [-0.05, 0) is 41.1 Å². The number of carbonyl (C=O) groups is 1. The first kappa shape index (κ1) is 18.0. The van der Waals surface area contributed by atoms with E-state index in [-0.39, 0.29) is 5.91 Å². The van der Waals surface area contributed by atoms with Crippen LogP contribution in [0.15, 0.2) is 98.6 Å². The third-order valence-electron chi connectivity index (χ3n) is 4.03. The molecule has 138 valence electrons. The van der Waals surface area contributed by atoms with Gasteiger partial charge in [-0.2, -0.15) is 5.10 Å². The van der Waals surface area contributed by atoms with E-state index in [0.29, 0.717) is 22.4 Å². The van der Waals surface area contributed by atoms with Crippen LogP contribution in [0.3, 0.4) is 0 Å². The minimum Gasteiger partial charge on any atom is -0.467 e. The molecule has 0 N–H and O–H groups in total. The van der Waals surface area contributed by atoms with Crippen molar-refractivity contribution in [1.82, 2.24) is 4.90 Å². The van der Waals surface area contributed by atoms with E-state index < -0.39 is 0 Å². The Bertz CT molecular complexity index is 1030. The molecule has 0 spiro atoms. The lowest BCUT2D eigenvalue weighted by molar-refractivity contribution is -0.122. The average Bonchev–Trinajstić information content (AvgIpc) is 3.34. The van der Waals surface area contributed by atoms with Crippen molar-refractivity contribution in [2.45, 2.75) is 6.54 Å². The van der Waals surface area contributed by atoms with Crippen LogP contribution >= 0.6 is 11.8 Å². The molecule has 6 heteroatoms. The van der Waals surface area contributed by atoms with E-state index in [9.17, 15) is 4.79 Å². The predicted molar refractivity (Wildman–Crippen MR) is 113 cm³/mol. The summed E-state index contributed by atoms with van der Waals surface area (Å²) in [4.78, 5) is 15.1. The molecule has 2 heterocycles. The van der Waals surface area contributed by atoms with Gasteiger partial charge in [0.2, 0.25) is 0 Å². The van der Waals surface area contributed by atoms with Crippen molar-refractivity contribution < 1.29 is 9.21 Å². The Labute approximate surface area is 167 Å². The van der Waals surface area contributed by atoms with Gasteiger partial charge in [0.05, 0.1) is 23.9 Å². The van der Waals surface area contributed by atoms with E-state index >= 15 is 0 Å². The summed E-state index contributed by atoms with van der Waals surface area (Å²) in [5.41, 5.74) is 1.91. The van der Waals surface area contributed by atoms with E-state index in [1.165, 1.54) is 11.8 Å². The van der Waals surface area contributed by atoms with Crippen LogP contribution in [0.2, 0.25) is 0 Å². The number of amidine groups is 1. The second kappa shape index (κ2) is 8.54. The molecule has 3 aromatic rings. The summed E-state index contributed by atoms with van der Waals surface area (Å²) >= 11 is 1.31. The molecule has 0 aliphatic carbocycles. The Kier molecular flexibility index (Phi) is 5.49. The molecule has 0 radical (unpaired) electrons. The minimum absolute atomic E-state index is 0.112. The number of rotatable bonds is 5. The number of benzene rings is 2. The Hall–Kier alpha value is -3.38. The number of carbonyl (C=O) groups excluding carboxylic acids is 1. The highest BCUT2D eigenvalue weighted by Crippen LogP contribution is 2.33. The van der Waals surface area contributed by atoms with Crippen LogP contribution in [0.4, 0.5) is 0 Å². The topological polar surface area (TPSA) is 58.2 Å². The molecule has 1 saturated heterocycles. The second-order valence-corrected chi connectivity index (χ2v) is 7.04. The van der Waals surface area contributed by atoms with Crippen LogP contribution in [-0.2, 0) is 11.3 Å². The van der Waals surface area contributed by atoms with Crippen LogP contribution in [0.1, 0.15) is 16.9 Å². The third kappa shape index (κ3) is 4.29. The normalized spacial score (nSPS) is 17.3. The number of furan rings is 1. The molecule has 1 fully saturated rings. The van der Waals surface area contributed by atoms with Crippen LogP contribution in [0, 0.1) is 0 Å². The summed E-state index contributed by atoms with van der Waals surface area (Å²) in [7, 11) is 0. The molecule has 1 amide bonds. The number of hydrogen-bond acceptors (Lipinski definition) is 5. The summed E-state index contributed by atoms with van der Waals surface area (Å²) in [6.07, 6.45) is 5.13. The standard InChI is InChI=1S/C22H17N3O2S/c26-21-20(14-17-8-3-1-4-9-17)28-22(25(21)16-19-12-7-13-27-19)24-23-15-18-10-5-2-6-11-18/h1-15H,16H2/b20-14-,23-15-,24-22+. The highest BCUT2D eigenvalue weighted by molar-refractivity contribution is 8.18. The van der Waals surface area contributed by atoms with E-state index in [4.69, 9.17) is 4.42 Å². The minimum atomic E-state index is -0.112. The van der Waals surface area contributed by atoms with Crippen molar-refractivity contribution in [2.24, 2.45) is 10.2 Å². The molecule has 2 aromatic carbocycles. The highest BCUT2D eigenvalue weighted by Gasteiger charge is 2.34. The lowest BCUT2D eigenvalue weighted by Crippen LogP contribution is -2.28. The van der Waals surface area contributed by atoms with Gasteiger partial charge in [0.15, 0.2) is 5.17 Å². The van der Waals surface area contributed by atoms with Gasteiger partial charge in [0.25, 0.3) is 5.91 Å². The van der Waals surface area contributed by atoms with Crippen molar-refractivity contribution >= 4 is 35.1 Å². The van der Waals surface area contributed by atoms with Crippen molar-refractivity contribution in [3.05, 3.63) is 101 Å². The number of hydrogen-bond donors (Lipinski definition) is 0. The quantitative estimate of drug-likeness (QED) is 0.359. The van der Waals surface area contributed by atoms with Gasteiger partial charge in [-0.25, -0.2) is 0 Å². The molecule has 1 aliphatic rings. The van der Waals surface area contributed by atoms with E-state index in [0.717, 1.165) is 11.1 Å². The van der Waals surface area contributed by atoms with Crippen LogP contribution in [-0.4, -0.2) is 22.2 Å². The molecule has 5 nitrogen and oxygen atoms in total. The van der Waals surface area contributed by atoms with Crippen LogP contribution in [0.5, 0.6) is 0 Å². The first-order valence-corrected chi connectivity index (χ1v) is 9.56. The van der Waals surface area contributed by atoms with Gasteiger partial charge in [0.1, 0.15) is 5.76 Å². The fourth-order valence-electron chi connectivity index (χ4n) is 2.67. The molecule has 28 heavy (non-hydrogen) atoms. The summed E-state index contributed by atoms with van der Waals surface area (Å²) < 4.78 is 5.40. The maximum atomic E-state index is 12.9. The monoisotopic (exact) mass is 387 g/mol. The summed E-state index contributed by atoms with van der Waals surface area (Å²) in [5.74, 6) is 0.577. The zero-order valence-electron chi connectivity index (χ0n) is 14.9. The number of amides is 1. The van der Waals surface area contributed by atoms with Crippen molar-refractivity contribution in [1.29, 1.82) is 0 Å². The molecule has 0 unspecified atom stereocenters. The van der Waals surface area contributed by atoms with Crippen molar-refractivity contribution in [2.75, 3.05) is 0 Å². The Morgan fingerprint density at radius 3 is 2.32 bits per heavy atom. The molecule has 0 atom stereocenters. The summed E-state index contributed by atoms with van der Waals surface area (Å²) in [5, 5.41) is 8.99. The van der Waals surface area contributed by atoms with Gasteiger partial charge in [-0.3, -0.25) is 9.69 Å². The highest BCUT2D eigenvalue weighted by atomic mass is 32.2. The number of nitrogens with zero attached hydrogens (tertiary/aromatic N) is 3. The summed E-state index contributed by atoms with van der Waals surface area (Å²) in [6.45, 7) is 0.310. The fraction of sp³-hybridized carbons (Fsp3) is 0.0455. The SMILES string of the molecule is O=C1/C(=C/c2ccccc2)S/C(=N/N=C\c2ccccc2)N1Cc1ccco1. The zero-order valence-corrected chi connectivity index (χ0v) is 15.8. The molecule has 4 rings (SSSR count). The third-order valence-corrected chi connectivity index (χ3v) is 5.03. The van der Waals surface area contributed by atoms with E-state index in [1.54, 1.807) is 23.4 Å². The Morgan fingerprint density at radius 1 is 0.929 bits per heavy atom.